The van der Waals surface area contributed by atoms with Crippen LogP contribution in [-0.2, 0) is 11.3 Å². The van der Waals surface area contributed by atoms with E-state index in [-0.39, 0.29) is 11.8 Å². The third-order valence-corrected chi connectivity index (χ3v) is 5.97. The summed E-state index contributed by atoms with van der Waals surface area (Å²) in [7, 11) is 0. The molecule has 1 fully saturated rings. The van der Waals surface area contributed by atoms with Gasteiger partial charge in [0.25, 0.3) is 0 Å². The monoisotopic (exact) mass is 405 g/mol. The largest absolute Gasteiger partial charge is 0.493 e. The zero-order chi connectivity index (χ0) is 21.1. The average Bonchev–Trinajstić information content (AvgIpc) is 3.31. The fourth-order valence-electron chi connectivity index (χ4n) is 4.39. The lowest BCUT2D eigenvalue weighted by Gasteiger charge is -2.16. The molecule has 0 aliphatic carbocycles. The molecular weight excluding hydrogens is 374 g/mol. The van der Waals surface area contributed by atoms with Gasteiger partial charge in [-0.3, -0.25) is 4.79 Å². The highest BCUT2D eigenvalue weighted by atomic mass is 16.5. The number of ether oxygens (including phenoxy) is 1. The van der Waals surface area contributed by atoms with Crippen molar-refractivity contribution in [2.75, 3.05) is 19.7 Å². The number of para-hydroxylation sites is 3. The molecule has 4 rings (SSSR count). The summed E-state index contributed by atoms with van der Waals surface area (Å²) in [5.41, 5.74) is 3.38. The molecule has 1 unspecified atom stereocenters. The second kappa shape index (κ2) is 8.90. The number of aromatic nitrogens is 2. The first-order valence-electron chi connectivity index (χ1n) is 11.0. The van der Waals surface area contributed by atoms with E-state index in [0.29, 0.717) is 18.9 Å². The number of carbonyl (C=O) groups is 1. The number of hydrogen-bond acceptors (Lipinski definition) is 3. The lowest BCUT2D eigenvalue weighted by molar-refractivity contribution is -0.127. The van der Waals surface area contributed by atoms with Crippen molar-refractivity contribution >= 4 is 16.9 Å². The first kappa shape index (κ1) is 20.5. The van der Waals surface area contributed by atoms with Crippen LogP contribution in [-0.4, -0.2) is 40.1 Å². The van der Waals surface area contributed by atoms with Gasteiger partial charge in [-0.2, -0.15) is 0 Å². The van der Waals surface area contributed by atoms with Crippen LogP contribution in [0.2, 0.25) is 0 Å². The zero-order valence-corrected chi connectivity index (χ0v) is 18.2. The number of benzene rings is 2. The molecule has 1 atom stereocenters. The number of aryl methyl sites for hydroxylation is 1. The van der Waals surface area contributed by atoms with E-state index in [0.717, 1.165) is 48.7 Å². The Morgan fingerprint density at radius 1 is 1.13 bits per heavy atom. The predicted octanol–water partition coefficient (Wildman–Crippen LogP) is 4.96. The third-order valence-electron chi connectivity index (χ3n) is 5.97. The number of likely N-dealkylation sites (N-methyl/N-ethyl adjacent to an activating group) is 1. The Morgan fingerprint density at radius 2 is 1.90 bits per heavy atom. The number of amides is 1. The lowest BCUT2D eigenvalue weighted by atomic mass is 10.0. The summed E-state index contributed by atoms with van der Waals surface area (Å²) >= 11 is 0. The molecule has 5 nitrogen and oxygen atoms in total. The summed E-state index contributed by atoms with van der Waals surface area (Å²) < 4.78 is 8.43. The highest BCUT2D eigenvalue weighted by Crippen LogP contribution is 2.31. The molecule has 1 amide bonds. The Morgan fingerprint density at radius 3 is 2.67 bits per heavy atom. The van der Waals surface area contributed by atoms with E-state index >= 15 is 0 Å². The Kier molecular flexibility index (Phi) is 6.07. The van der Waals surface area contributed by atoms with Crippen LogP contribution in [0.15, 0.2) is 48.5 Å². The zero-order valence-electron chi connectivity index (χ0n) is 18.2. The normalized spacial score (nSPS) is 16.7. The highest BCUT2D eigenvalue weighted by Gasteiger charge is 2.33. The Labute approximate surface area is 178 Å². The van der Waals surface area contributed by atoms with Crippen molar-refractivity contribution in [3.05, 3.63) is 59.9 Å². The third kappa shape index (κ3) is 4.07. The van der Waals surface area contributed by atoms with Gasteiger partial charge >= 0.3 is 0 Å². The van der Waals surface area contributed by atoms with Crippen LogP contribution in [0.3, 0.4) is 0 Å². The Bertz CT molecular complexity index is 1020. The van der Waals surface area contributed by atoms with Crippen molar-refractivity contribution < 1.29 is 9.53 Å². The average molecular weight is 406 g/mol. The minimum atomic E-state index is 0.160. The van der Waals surface area contributed by atoms with Crippen molar-refractivity contribution in [2.45, 2.75) is 52.0 Å². The number of fused-ring (bicyclic) bond motifs is 1. The highest BCUT2D eigenvalue weighted by molar-refractivity contribution is 5.80. The smallest absolute Gasteiger partial charge is 0.223 e. The number of likely N-dealkylation sites (tertiary alicyclic amines) is 1. The fraction of sp³-hybridized carbons (Fsp3) is 0.440. The van der Waals surface area contributed by atoms with Gasteiger partial charge in [0.1, 0.15) is 11.6 Å². The molecule has 1 saturated heterocycles. The molecule has 1 aliphatic heterocycles. The molecule has 0 saturated carbocycles. The summed E-state index contributed by atoms with van der Waals surface area (Å²) in [5, 5.41) is 0. The van der Waals surface area contributed by atoms with Gasteiger partial charge in [-0.15, -0.1) is 0 Å². The number of hydrogen-bond donors (Lipinski definition) is 0. The Balaban J connectivity index is 1.49. The molecule has 0 bridgehead atoms. The number of rotatable bonds is 8. The van der Waals surface area contributed by atoms with Gasteiger partial charge in [0, 0.05) is 32.0 Å². The van der Waals surface area contributed by atoms with Crippen molar-refractivity contribution in [2.24, 2.45) is 0 Å². The summed E-state index contributed by atoms with van der Waals surface area (Å²) in [6, 6.07) is 16.5. The standard InChI is InChI=1S/C25H31N3O2/c1-4-27-17-19(16-24(27)29)25-26-21-11-6-7-12-22(21)28(25)14-9-15-30-23-13-8-5-10-20(23)18(2)3/h5-8,10-13,18-19H,4,9,14-17H2,1-3H3. The molecule has 3 aromatic rings. The van der Waals surface area contributed by atoms with Gasteiger partial charge in [0.05, 0.1) is 17.6 Å². The van der Waals surface area contributed by atoms with Gasteiger partial charge < -0.3 is 14.2 Å². The molecule has 1 aromatic heterocycles. The van der Waals surface area contributed by atoms with Gasteiger partial charge in [0.2, 0.25) is 5.91 Å². The van der Waals surface area contributed by atoms with Crippen LogP contribution in [0.25, 0.3) is 11.0 Å². The predicted molar refractivity (Wildman–Crippen MR) is 120 cm³/mol. The van der Waals surface area contributed by atoms with Gasteiger partial charge in [-0.05, 0) is 43.0 Å². The molecule has 2 heterocycles. The number of carbonyl (C=O) groups excluding carboxylic acids is 1. The first-order chi connectivity index (χ1) is 14.6. The van der Waals surface area contributed by atoms with E-state index in [1.165, 1.54) is 5.56 Å². The maximum Gasteiger partial charge on any atom is 0.223 e. The van der Waals surface area contributed by atoms with Crippen LogP contribution in [0.4, 0.5) is 0 Å². The van der Waals surface area contributed by atoms with E-state index in [2.05, 4.69) is 54.8 Å². The minimum Gasteiger partial charge on any atom is -0.493 e. The van der Waals surface area contributed by atoms with Crippen molar-refractivity contribution in [3.63, 3.8) is 0 Å². The molecule has 0 N–H and O–H groups in total. The van der Waals surface area contributed by atoms with Crippen LogP contribution < -0.4 is 4.74 Å². The molecule has 2 aromatic carbocycles. The summed E-state index contributed by atoms with van der Waals surface area (Å²) in [6.07, 6.45) is 1.44. The van der Waals surface area contributed by atoms with Gasteiger partial charge in [-0.25, -0.2) is 4.98 Å². The number of nitrogens with zero attached hydrogens (tertiary/aromatic N) is 3. The Hall–Kier alpha value is -2.82. The van der Waals surface area contributed by atoms with E-state index < -0.39 is 0 Å². The van der Waals surface area contributed by atoms with Crippen LogP contribution in [0, 0.1) is 0 Å². The van der Waals surface area contributed by atoms with Gasteiger partial charge in [0.15, 0.2) is 0 Å². The molecule has 5 heteroatoms. The molecule has 158 valence electrons. The quantitative estimate of drug-likeness (QED) is 0.498. The SMILES string of the molecule is CCN1CC(c2nc3ccccc3n2CCCOc2ccccc2C(C)C)CC1=O. The second-order valence-electron chi connectivity index (χ2n) is 8.34. The summed E-state index contributed by atoms with van der Waals surface area (Å²) in [6.45, 7) is 9.42. The van der Waals surface area contributed by atoms with Crippen molar-refractivity contribution in [1.82, 2.24) is 14.5 Å². The van der Waals surface area contributed by atoms with Crippen LogP contribution >= 0.6 is 0 Å². The summed E-state index contributed by atoms with van der Waals surface area (Å²) in [4.78, 5) is 19.1. The van der Waals surface area contributed by atoms with E-state index in [1.807, 2.05) is 24.0 Å². The van der Waals surface area contributed by atoms with Crippen LogP contribution in [0.1, 0.15) is 56.8 Å². The van der Waals surface area contributed by atoms with Crippen molar-refractivity contribution in [1.29, 1.82) is 0 Å². The van der Waals surface area contributed by atoms with Crippen LogP contribution in [0.5, 0.6) is 5.75 Å². The molecule has 0 spiro atoms. The number of imidazole rings is 1. The second-order valence-corrected chi connectivity index (χ2v) is 8.34. The molecular formula is C25H31N3O2. The molecule has 30 heavy (non-hydrogen) atoms. The topological polar surface area (TPSA) is 47.4 Å². The van der Waals surface area contributed by atoms with Gasteiger partial charge in [-0.1, -0.05) is 44.2 Å². The maximum atomic E-state index is 12.3. The van der Waals surface area contributed by atoms with E-state index in [9.17, 15) is 4.79 Å². The maximum absolute atomic E-state index is 12.3. The molecule has 0 radical (unpaired) electrons. The van der Waals surface area contributed by atoms with Crippen molar-refractivity contribution in [3.8, 4) is 5.75 Å². The fourth-order valence-corrected chi connectivity index (χ4v) is 4.39. The first-order valence-corrected chi connectivity index (χ1v) is 11.0. The van der Waals surface area contributed by atoms with E-state index in [4.69, 9.17) is 9.72 Å². The minimum absolute atomic E-state index is 0.160. The lowest BCUT2D eigenvalue weighted by Crippen LogP contribution is -2.24. The molecule has 1 aliphatic rings. The summed E-state index contributed by atoms with van der Waals surface area (Å²) in [5.74, 6) is 2.83. The van der Waals surface area contributed by atoms with E-state index in [1.54, 1.807) is 0 Å².